The summed E-state index contributed by atoms with van der Waals surface area (Å²) in [4.78, 5) is 29.4. The number of aromatic nitrogens is 2. The third kappa shape index (κ3) is 3.59. The van der Waals surface area contributed by atoms with E-state index >= 15 is 0 Å². The molecule has 1 N–H and O–H groups in total. The van der Waals surface area contributed by atoms with E-state index in [1.54, 1.807) is 24.4 Å². The molecule has 3 aromatic carbocycles. The van der Waals surface area contributed by atoms with Gasteiger partial charge in [-0.15, -0.1) is 0 Å². The minimum Gasteiger partial charge on any atom is -0.449 e. The molecule has 0 aliphatic carbocycles. The Labute approximate surface area is 177 Å². The number of Topliss-reactive ketones (excluding diaryl/α,β-unsaturated/α-hetero) is 1. The fourth-order valence-corrected chi connectivity index (χ4v) is 3.69. The van der Waals surface area contributed by atoms with Crippen molar-refractivity contribution in [2.24, 2.45) is 0 Å². The predicted octanol–water partition coefficient (Wildman–Crippen LogP) is 5.02. The van der Waals surface area contributed by atoms with Crippen molar-refractivity contribution < 1.29 is 18.8 Å². The van der Waals surface area contributed by atoms with Crippen LogP contribution in [0.5, 0.6) is 0 Å². The Hall–Kier alpha value is -4.19. The zero-order chi connectivity index (χ0) is 21.2. The number of esters is 1. The monoisotopic (exact) mass is 410 g/mol. The molecule has 5 rings (SSSR count). The van der Waals surface area contributed by atoms with Crippen LogP contribution in [0.1, 0.15) is 27.7 Å². The van der Waals surface area contributed by atoms with Gasteiger partial charge in [0.2, 0.25) is 5.78 Å². The molecule has 0 saturated heterocycles. The molecular formula is C25H18N2O4. The topological polar surface area (TPSA) is 85.2 Å². The van der Waals surface area contributed by atoms with E-state index in [0.29, 0.717) is 22.4 Å². The van der Waals surface area contributed by atoms with Crippen LogP contribution >= 0.6 is 0 Å². The van der Waals surface area contributed by atoms with Crippen molar-refractivity contribution in [1.29, 1.82) is 0 Å². The Kier molecular flexibility index (Phi) is 4.80. The molecule has 0 bridgehead atoms. The fourth-order valence-electron chi connectivity index (χ4n) is 3.69. The number of benzene rings is 3. The van der Waals surface area contributed by atoms with Crippen molar-refractivity contribution in [2.45, 2.75) is 12.5 Å². The second kappa shape index (κ2) is 7.91. The SMILES string of the molecule is O=C(Cc1noc2ccccc12)O[C@@H](C(=O)c1c[nH]c2ccccc12)c1ccccc1. The molecule has 31 heavy (non-hydrogen) atoms. The van der Waals surface area contributed by atoms with Crippen LogP contribution < -0.4 is 0 Å². The summed E-state index contributed by atoms with van der Waals surface area (Å²) in [5.74, 6) is -0.844. The van der Waals surface area contributed by atoms with Crippen LogP contribution in [0.3, 0.4) is 0 Å². The van der Waals surface area contributed by atoms with Crippen LogP contribution in [0.4, 0.5) is 0 Å². The van der Waals surface area contributed by atoms with Crippen molar-refractivity contribution in [3.05, 3.63) is 102 Å². The summed E-state index contributed by atoms with van der Waals surface area (Å²) >= 11 is 0. The van der Waals surface area contributed by atoms with Crippen molar-refractivity contribution in [1.82, 2.24) is 10.1 Å². The Bertz CT molecular complexity index is 1380. The van der Waals surface area contributed by atoms with Gasteiger partial charge >= 0.3 is 5.97 Å². The molecular weight excluding hydrogens is 392 g/mol. The van der Waals surface area contributed by atoms with Gasteiger partial charge < -0.3 is 14.2 Å². The van der Waals surface area contributed by atoms with E-state index in [2.05, 4.69) is 10.1 Å². The average molecular weight is 410 g/mol. The molecule has 0 radical (unpaired) electrons. The number of ether oxygens (including phenoxy) is 1. The van der Waals surface area contributed by atoms with Gasteiger partial charge in [-0.25, -0.2) is 0 Å². The van der Waals surface area contributed by atoms with E-state index < -0.39 is 12.1 Å². The van der Waals surface area contributed by atoms with Gasteiger partial charge in [-0.05, 0) is 18.2 Å². The summed E-state index contributed by atoms with van der Waals surface area (Å²) in [6.45, 7) is 0. The van der Waals surface area contributed by atoms with Crippen LogP contribution in [0, 0.1) is 0 Å². The third-order valence-corrected chi connectivity index (χ3v) is 5.21. The van der Waals surface area contributed by atoms with Crippen molar-refractivity contribution in [3.63, 3.8) is 0 Å². The molecule has 0 aliphatic heterocycles. The fraction of sp³-hybridized carbons (Fsp3) is 0.0800. The van der Waals surface area contributed by atoms with E-state index in [1.165, 1.54) is 0 Å². The van der Waals surface area contributed by atoms with E-state index in [1.807, 2.05) is 60.7 Å². The molecule has 1 atom stereocenters. The van der Waals surface area contributed by atoms with Gasteiger partial charge in [0.05, 0.1) is 6.42 Å². The number of nitrogens with zero attached hydrogens (tertiary/aromatic N) is 1. The van der Waals surface area contributed by atoms with Gasteiger partial charge in [0.1, 0.15) is 5.69 Å². The van der Waals surface area contributed by atoms with E-state index in [9.17, 15) is 9.59 Å². The third-order valence-electron chi connectivity index (χ3n) is 5.21. The van der Waals surface area contributed by atoms with Gasteiger partial charge in [0.15, 0.2) is 11.7 Å². The molecule has 0 aliphatic rings. The average Bonchev–Trinajstić information content (AvgIpc) is 3.42. The number of para-hydroxylation sites is 2. The number of aromatic amines is 1. The molecule has 0 unspecified atom stereocenters. The zero-order valence-electron chi connectivity index (χ0n) is 16.4. The highest BCUT2D eigenvalue weighted by molar-refractivity contribution is 6.10. The van der Waals surface area contributed by atoms with E-state index in [-0.39, 0.29) is 12.2 Å². The van der Waals surface area contributed by atoms with Crippen LogP contribution in [-0.4, -0.2) is 21.9 Å². The Morgan fingerprint density at radius 3 is 2.45 bits per heavy atom. The molecule has 5 aromatic rings. The quantitative estimate of drug-likeness (QED) is 0.314. The summed E-state index contributed by atoms with van der Waals surface area (Å²) in [5.41, 5.74) is 3.00. The maximum Gasteiger partial charge on any atom is 0.313 e. The van der Waals surface area contributed by atoms with Gasteiger partial charge in [0.25, 0.3) is 0 Å². The van der Waals surface area contributed by atoms with Crippen LogP contribution in [0.15, 0.2) is 89.6 Å². The van der Waals surface area contributed by atoms with Crippen LogP contribution in [-0.2, 0) is 16.0 Å². The lowest BCUT2D eigenvalue weighted by Crippen LogP contribution is -2.21. The number of hydrogen-bond acceptors (Lipinski definition) is 5. The van der Waals surface area contributed by atoms with E-state index in [4.69, 9.17) is 9.26 Å². The number of ketones is 1. The second-order valence-corrected chi connectivity index (χ2v) is 7.19. The zero-order valence-corrected chi connectivity index (χ0v) is 16.4. The lowest BCUT2D eigenvalue weighted by Gasteiger charge is -2.17. The number of fused-ring (bicyclic) bond motifs is 2. The lowest BCUT2D eigenvalue weighted by atomic mass is 9.99. The molecule has 6 nitrogen and oxygen atoms in total. The van der Waals surface area contributed by atoms with Crippen LogP contribution in [0.25, 0.3) is 21.9 Å². The molecule has 0 saturated carbocycles. The first kappa shape index (κ1) is 18.8. The second-order valence-electron chi connectivity index (χ2n) is 7.19. The predicted molar refractivity (Wildman–Crippen MR) is 116 cm³/mol. The largest absolute Gasteiger partial charge is 0.449 e. The Balaban J connectivity index is 1.45. The van der Waals surface area contributed by atoms with Gasteiger partial charge in [-0.1, -0.05) is 65.8 Å². The molecule has 0 amide bonds. The normalized spacial score (nSPS) is 12.1. The number of hydrogen-bond donors (Lipinski definition) is 1. The van der Waals surface area contributed by atoms with Crippen molar-refractivity contribution >= 4 is 33.6 Å². The number of carbonyl (C=O) groups excluding carboxylic acids is 2. The minimum absolute atomic E-state index is 0.0957. The highest BCUT2D eigenvalue weighted by Crippen LogP contribution is 2.28. The highest BCUT2D eigenvalue weighted by Gasteiger charge is 2.28. The number of H-pyrrole nitrogens is 1. The summed E-state index contributed by atoms with van der Waals surface area (Å²) < 4.78 is 11.0. The first-order valence-corrected chi connectivity index (χ1v) is 9.89. The summed E-state index contributed by atoms with van der Waals surface area (Å²) in [5, 5.41) is 5.52. The molecule has 6 heteroatoms. The highest BCUT2D eigenvalue weighted by atomic mass is 16.5. The molecule has 152 valence electrons. The minimum atomic E-state index is -1.06. The maximum absolute atomic E-state index is 13.4. The Morgan fingerprint density at radius 1 is 0.903 bits per heavy atom. The number of rotatable bonds is 6. The summed E-state index contributed by atoms with van der Waals surface area (Å²) in [6, 6.07) is 23.8. The van der Waals surface area contributed by atoms with Gasteiger partial charge in [-0.3, -0.25) is 9.59 Å². The molecule has 0 spiro atoms. The van der Waals surface area contributed by atoms with E-state index in [0.717, 1.165) is 16.3 Å². The number of carbonyl (C=O) groups is 2. The molecule has 2 aromatic heterocycles. The standard InChI is InChI=1S/C25H18N2O4/c28-23(14-21-18-11-5-7-13-22(18)31-27-21)30-25(16-8-2-1-3-9-16)24(29)19-15-26-20-12-6-4-10-17(19)20/h1-13,15,25-26H,14H2/t25-/m1/s1. The number of nitrogens with one attached hydrogen (secondary N) is 1. The maximum atomic E-state index is 13.4. The van der Waals surface area contributed by atoms with Gasteiger partial charge in [0, 0.05) is 33.6 Å². The van der Waals surface area contributed by atoms with Gasteiger partial charge in [-0.2, -0.15) is 0 Å². The first-order valence-electron chi connectivity index (χ1n) is 9.89. The van der Waals surface area contributed by atoms with Crippen molar-refractivity contribution in [3.8, 4) is 0 Å². The summed E-state index contributed by atoms with van der Waals surface area (Å²) in [6.07, 6.45) is 0.495. The summed E-state index contributed by atoms with van der Waals surface area (Å²) in [7, 11) is 0. The van der Waals surface area contributed by atoms with Crippen LogP contribution in [0.2, 0.25) is 0 Å². The lowest BCUT2D eigenvalue weighted by molar-refractivity contribution is -0.146. The first-order chi connectivity index (χ1) is 15.2. The molecule has 0 fully saturated rings. The smallest absolute Gasteiger partial charge is 0.313 e. The molecule has 2 heterocycles. The Morgan fingerprint density at radius 2 is 1.61 bits per heavy atom. The van der Waals surface area contributed by atoms with Crippen molar-refractivity contribution in [2.75, 3.05) is 0 Å².